The van der Waals surface area contributed by atoms with Crippen LogP contribution in [0.15, 0.2) is 0 Å². The van der Waals surface area contributed by atoms with Crippen LogP contribution in [0.25, 0.3) is 0 Å². The summed E-state index contributed by atoms with van der Waals surface area (Å²) in [5.74, 6) is 0.330. The van der Waals surface area contributed by atoms with Crippen molar-refractivity contribution >= 4 is 6.09 Å². The highest BCUT2D eigenvalue weighted by Crippen LogP contribution is 2.32. The Kier molecular flexibility index (Phi) is 4.85. The number of ether oxygens (including phenoxy) is 1. The van der Waals surface area contributed by atoms with Crippen LogP contribution in [0.5, 0.6) is 0 Å². The molecule has 5 heteroatoms. The molecule has 3 N–H and O–H groups in total. The average Bonchev–Trinajstić information content (AvgIpc) is 2.26. The van der Waals surface area contributed by atoms with Crippen LogP contribution in [-0.2, 0) is 4.74 Å². The molecule has 1 heterocycles. The van der Waals surface area contributed by atoms with E-state index in [0.717, 1.165) is 6.42 Å². The highest BCUT2D eigenvalue weighted by molar-refractivity contribution is 5.68. The monoisotopic (exact) mass is 272 g/mol. The van der Waals surface area contributed by atoms with Gasteiger partial charge in [-0.05, 0) is 46.0 Å². The molecule has 5 nitrogen and oxygen atoms in total. The first-order valence-corrected chi connectivity index (χ1v) is 6.97. The van der Waals surface area contributed by atoms with Crippen molar-refractivity contribution < 1.29 is 14.6 Å². The van der Waals surface area contributed by atoms with Gasteiger partial charge in [-0.1, -0.05) is 6.92 Å². The fourth-order valence-electron chi connectivity index (χ4n) is 2.71. The Morgan fingerprint density at radius 3 is 2.42 bits per heavy atom. The third kappa shape index (κ3) is 4.35. The zero-order valence-electron chi connectivity index (χ0n) is 12.8. The smallest absolute Gasteiger partial charge is 0.410 e. The number of hydrogen-bond donors (Lipinski definition) is 2. The van der Waals surface area contributed by atoms with Gasteiger partial charge in [0.05, 0.1) is 5.60 Å². The minimum atomic E-state index is -0.862. The number of nitrogens with zero attached hydrogens (tertiary/aromatic N) is 1. The predicted molar refractivity (Wildman–Crippen MR) is 74.8 cm³/mol. The third-order valence-electron chi connectivity index (χ3n) is 3.77. The van der Waals surface area contributed by atoms with Gasteiger partial charge < -0.3 is 20.5 Å². The molecule has 3 atom stereocenters. The Labute approximate surface area is 116 Å². The van der Waals surface area contributed by atoms with Crippen molar-refractivity contribution in [2.75, 3.05) is 19.6 Å². The summed E-state index contributed by atoms with van der Waals surface area (Å²) in [6, 6.07) is 0. The van der Waals surface area contributed by atoms with E-state index < -0.39 is 11.2 Å². The van der Waals surface area contributed by atoms with Crippen LogP contribution in [0.1, 0.15) is 41.0 Å². The summed E-state index contributed by atoms with van der Waals surface area (Å²) in [5.41, 5.74) is 4.29. The van der Waals surface area contributed by atoms with Crippen molar-refractivity contribution in [3.8, 4) is 0 Å². The van der Waals surface area contributed by atoms with E-state index >= 15 is 0 Å². The Balaban J connectivity index is 2.61. The molecule has 0 saturated carbocycles. The Morgan fingerprint density at radius 2 is 2.00 bits per heavy atom. The van der Waals surface area contributed by atoms with Gasteiger partial charge in [0.25, 0.3) is 0 Å². The summed E-state index contributed by atoms with van der Waals surface area (Å²) >= 11 is 0. The van der Waals surface area contributed by atoms with Crippen LogP contribution < -0.4 is 5.73 Å². The maximum absolute atomic E-state index is 12.0. The Hall–Kier alpha value is -0.810. The molecule has 0 aromatic carbocycles. The van der Waals surface area contributed by atoms with Gasteiger partial charge in [-0.25, -0.2) is 4.79 Å². The van der Waals surface area contributed by atoms with Crippen LogP contribution in [0.4, 0.5) is 4.79 Å². The SMILES string of the molecule is CC1CN(C(=O)OC(C)(C)C)CCC1C(C)(O)CN. The normalized spacial score (nSPS) is 27.8. The Morgan fingerprint density at radius 1 is 1.42 bits per heavy atom. The fourth-order valence-corrected chi connectivity index (χ4v) is 2.71. The number of nitrogens with two attached hydrogens (primary N) is 1. The molecule has 1 rings (SSSR count). The lowest BCUT2D eigenvalue weighted by Crippen LogP contribution is -2.53. The average molecular weight is 272 g/mol. The van der Waals surface area contributed by atoms with Crippen molar-refractivity contribution in [1.82, 2.24) is 4.90 Å². The quantitative estimate of drug-likeness (QED) is 0.800. The highest BCUT2D eigenvalue weighted by atomic mass is 16.6. The molecule has 1 fully saturated rings. The minimum Gasteiger partial charge on any atom is -0.444 e. The van der Waals surface area contributed by atoms with E-state index in [1.165, 1.54) is 0 Å². The highest BCUT2D eigenvalue weighted by Gasteiger charge is 2.39. The van der Waals surface area contributed by atoms with Crippen LogP contribution >= 0.6 is 0 Å². The zero-order chi connectivity index (χ0) is 14.8. The predicted octanol–water partition coefficient (Wildman–Crippen LogP) is 1.59. The number of aliphatic hydroxyl groups is 1. The first-order valence-electron chi connectivity index (χ1n) is 6.97. The molecule has 3 unspecified atom stereocenters. The molecule has 0 radical (unpaired) electrons. The van der Waals surface area contributed by atoms with E-state index in [2.05, 4.69) is 0 Å². The van der Waals surface area contributed by atoms with Crippen LogP contribution in [0.2, 0.25) is 0 Å². The molecule has 19 heavy (non-hydrogen) atoms. The van der Waals surface area contributed by atoms with Crippen molar-refractivity contribution in [2.45, 2.75) is 52.2 Å². The number of carbonyl (C=O) groups excluding carboxylic acids is 1. The van der Waals surface area contributed by atoms with Crippen molar-refractivity contribution in [1.29, 1.82) is 0 Å². The van der Waals surface area contributed by atoms with Crippen LogP contribution in [0.3, 0.4) is 0 Å². The molecule has 0 spiro atoms. The number of amides is 1. The second-order valence-corrected chi connectivity index (χ2v) is 6.86. The summed E-state index contributed by atoms with van der Waals surface area (Å²) in [6.07, 6.45) is 0.482. The summed E-state index contributed by atoms with van der Waals surface area (Å²) in [5, 5.41) is 10.3. The standard InChI is InChI=1S/C14H28N2O3/c1-10-8-16(12(17)19-13(2,3)4)7-6-11(10)14(5,18)9-15/h10-11,18H,6-9,15H2,1-5H3. The van der Waals surface area contributed by atoms with Gasteiger partial charge in [-0.2, -0.15) is 0 Å². The minimum absolute atomic E-state index is 0.121. The molecule has 0 bridgehead atoms. The third-order valence-corrected chi connectivity index (χ3v) is 3.77. The summed E-state index contributed by atoms with van der Waals surface area (Å²) < 4.78 is 5.37. The van der Waals surface area contributed by atoms with E-state index in [9.17, 15) is 9.90 Å². The molecular formula is C14H28N2O3. The van der Waals surface area contributed by atoms with Crippen molar-refractivity contribution in [3.63, 3.8) is 0 Å². The summed E-state index contributed by atoms with van der Waals surface area (Å²) in [6.45, 7) is 10.9. The second-order valence-electron chi connectivity index (χ2n) is 6.86. The number of hydrogen-bond acceptors (Lipinski definition) is 4. The van der Waals surface area contributed by atoms with Gasteiger partial charge in [0, 0.05) is 19.6 Å². The lowest BCUT2D eigenvalue weighted by atomic mass is 9.75. The number of piperidine rings is 1. The van der Waals surface area contributed by atoms with E-state index in [1.54, 1.807) is 11.8 Å². The van der Waals surface area contributed by atoms with Gasteiger partial charge in [-0.15, -0.1) is 0 Å². The van der Waals surface area contributed by atoms with Crippen LogP contribution in [-0.4, -0.2) is 46.9 Å². The maximum Gasteiger partial charge on any atom is 0.410 e. The lowest BCUT2D eigenvalue weighted by Gasteiger charge is -2.43. The molecular weight excluding hydrogens is 244 g/mol. The largest absolute Gasteiger partial charge is 0.444 e. The lowest BCUT2D eigenvalue weighted by molar-refractivity contribution is -0.0511. The van der Waals surface area contributed by atoms with E-state index in [1.807, 2.05) is 27.7 Å². The van der Waals surface area contributed by atoms with E-state index in [0.29, 0.717) is 13.1 Å². The number of rotatable bonds is 2. The molecule has 1 amide bonds. The van der Waals surface area contributed by atoms with Gasteiger partial charge in [0.1, 0.15) is 5.60 Å². The molecule has 0 aliphatic carbocycles. The summed E-state index contributed by atoms with van der Waals surface area (Å²) in [4.78, 5) is 13.7. The summed E-state index contributed by atoms with van der Waals surface area (Å²) in [7, 11) is 0. The maximum atomic E-state index is 12.0. The first kappa shape index (κ1) is 16.2. The van der Waals surface area contributed by atoms with Crippen molar-refractivity contribution in [3.05, 3.63) is 0 Å². The van der Waals surface area contributed by atoms with E-state index in [-0.39, 0.29) is 24.5 Å². The molecule has 0 aromatic rings. The first-order chi connectivity index (χ1) is 8.57. The molecule has 1 aliphatic rings. The van der Waals surface area contributed by atoms with Gasteiger partial charge >= 0.3 is 6.09 Å². The number of likely N-dealkylation sites (tertiary alicyclic amines) is 1. The molecule has 0 aromatic heterocycles. The van der Waals surface area contributed by atoms with Gasteiger partial charge in [0.2, 0.25) is 0 Å². The second kappa shape index (κ2) is 5.67. The van der Waals surface area contributed by atoms with Gasteiger partial charge in [0.15, 0.2) is 0 Å². The topological polar surface area (TPSA) is 75.8 Å². The fraction of sp³-hybridized carbons (Fsp3) is 0.929. The van der Waals surface area contributed by atoms with E-state index in [4.69, 9.17) is 10.5 Å². The van der Waals surface area contributed by atoms with Crippen molar-refractivity contribution in [2.24, 2.45) is 17.6 Å². The molecule has 112 valence electrons. The molecule has 1 saturated heterocycles. The molecule has 1 aliphatic heterocycles. The van der Waals surface area contributed by atoms with Crippen LogP contribution in [0, 0.1) is 11.8 Å². The number of carbonyl (C=O) groups is 1. The zero-order valence-corrected chi connectivity index (χ0v) is 12.8. The van der Waals surface area contributed by atoms with Gasteiger partial charge in [-0.3, -0.25) is 0 Å². The Bertz CT molecular complexity index is 323.